The van der Waals surface area contributed by atoms with Gasteiger partial charge in [0.1, 0.15) is 17.9 Å². The Bertz CT molecular complexity index is 750. The molecule has 0 spiro atoms. The summed E-state index contributed by atoms with van der Waals surface area (Å²) >= 11 is 0. The van der Waals surface area contributed by atoms with E-state index in [1.54, 1.807) is 6.92 Å². The van der Waals surface area contributed by atoms with Crippen LogP contribution < -0.4 is 0 Å². The second-order valence-corrected chi connectivity index (χ2v) is 5.55. The van der Waals surface area contributed by atoms with Crippen LogP contribution in [0.5, 0.6) is 5.75 Å². The van der Waals surface area contributed by atoms with Gasteiger partial charge < -0.3 is 14.9 Å². The second kappa shape index (κ2) is 6.57. The van der Waals surface area contributed by atoms with Crippen LogP contribution in [-0.2, 0) is 22.6 Å². The highest BCUT2D eigenvalue weighted by molar-refractivity contribution is 5.98. The van der Waals surface area contributed by atoms with Crippen LogP contribution in [0.15, 0.2) is 11.6 Å². The van der Waals surface area contributed by atoms with Crippen molar-refractivity contribution in [3.8, 4) is 18.1 Å². The second-order valence-electron chi connectivity index (χ2n) is 5.55. The van der Waals surface area contributed by atoms with E-state index in [1.807, 2.05) is 13.0 Å². The minimum absolute atomic E-state index is 0.0475. The van der Waals surface area contributed by atoms with E-state index >= 15 is 0 Å². The fourth-order valence-corrected chi connectivity index (χ4v) is 2.66. The molecule has 2 rings (SSSR count). The maximum atomic E-state index is 11.8. The molecule has 0 radical (unpaired) electrons. The number of carbonyl (C=O) groups is 2. The largest absolute Gasteiger partial charge is 0.507 e. The molecule has 0 fully saturated rings. The SMILES string of the molecule is C#Cc1c(C)c2c(c(O)c1CC=C(C)CCC(=O)O)C(=O)OC2. The molecule has 0 saturated carbocycles. The number of carbonyl (C=O) groups excluding carboxylic acids is 1. The molecule has 0 bridgehead atoms. The first kappa shape index (κ1) is 16.6. The number of carboxylic acid groups (broad SMARTS) is 1. The van der Waals surface area contributed by atoms with Crippen molar-refractivity contribution in [2.45, 2.75) is 39.7 Å². The summed E-state index contributed by atoms with van der Waals surface area (Å²) in [5, 5.41) is 19.1. The van der Waals surface area contributed by atoms with Crippen molar-refractivity contribution < 1.29 is 24.5 Å². The van der Waals surface area contributed by atoms with Crippen molar-refractivity contribution in [2.24, 2.45) is 0 Å². The molecule has 1 aliphatic heterocycles. The van der Waals surface area contributed by atoms with Crippen LogP contribution in [0.2, 0.25) is 0 Å². The summed E-state index contributed by atoms with van der Waals surface area (Å²) in [5.41, 5.74) is 3.52. The lowest BCUT2D eigenvalue weighted by atomic mass is 9.90. The van der Waals surface area contributed by atoms with Crippen LogP contribution in [0, 0.1) is 19.3 Å². The van der Waals surface area contributed by atoms with Crippen LogP contribution >= 0.6 is 0 Å². The number of terminal acetylenes is 1. The van der Waals surface area contributed by atoms with E-state index in [2.05, 4.69) is 5.92 Å². The zero-order valence-electron chi connectivity index (χ0n) is 13.1. The number of fused-ring (bicyclic) bond motifs is 1. The number of cyclic esters (lactones) is 1. The Hall–Kier alpha value is -2.74. The summed E-state index contributed by atoms with van der Waals surface area (Å²) in [7, 11) is 0. The molecule has 5 heteroatoms. The van der Waals surface area contributed by atoms with E-state index in [0.29, 0.717) is 29.5 Å². The number of phenols is 1. The Kier molecular flexibility index (Phi) is 4.75. The number of hydrogen-bond acceptors (Lipinski definition) is 4. The molecular weight excluding hydrogens is 296 g/mol. The molecule has 0 aliphatic carbocycles. The summed E-state index contributed by atoms with van der Waals surface area (Å²) in [5.74, 6) is 1.03. The quantitative estimate of drug-likeness (QED) is 0.496. The van der Waals surface area contributed by atoms with Gasteiger partial charge >= 0.3 is 11.9 Å². The maximum absolute atomic E-state index is 11.8. The van der Waals surface area contributed by atoms with E-state index in [9.17, 15) is 14.7 Å². The first-order valence-corrected chi connectivity index (χ1v) is 7.25. The molecule has 0 atom stereocenters. The highest BCUT2D eigenvalue weighted by Crippen LogP contribution is 2.37. The fraction of sp³-hybridized carbons (Fsp3) is 0.333. The fourth-order valence-electron chi connectivity index (χ4n) is 2.66. The normalized spacial score (nSPS) is 13.4. The van der Waals surface area contributed by atoms with Gasteiger partial charge in [0.15, 0.2) is 0 Å². The van der Waals surface area contributed by atoms with Crippen LogP contribution in [0.4, 0.5) is 0 Å². The minimum atomic E-state index is -0.860. The van der Waals surface area contributed by atoms with Gasteiger partial charge in [0.05, 0.1) is 0 Å². The third-order valence-electron chi connectivity index (χ3n) is 4.04. The summed E-state index contributed by atoms with van der Waals surface area (Å²) in [6, 6.07) is 0. The average molecular weight is 314 g/mol. The Morgan fingerprint density at radius 3 is 2.74 bits per heavy atom. The molecule has 1 heterocycles. The molecule has 5 nitrogen and oxygen atoms in total. The monoisotopic (exact) mass is 314 g/mol. The average Bonchev–Trinajstić information content (AvgIpc) is 2.89. The van der Waals surface area contributed by atoms with Crippen LogP contribution in [0.25, 0.3) is 0 Å². The van der Waals surface area contributed by atoms with Crippen molar-refractivity contribution in [2.75, 3.05) is 0 Å². The number of esters is 1. The van der Waals surface area contributed by atoms with Crippen LogP contribution in [0.1, 0.15) is 52.4 Å². The van der Waals surface area contributed by atoms with Gasteiger partial charge in [-0.05, 0) is 32.3 Å². The van der Waals surface area contributed by atoms with Crippen molar-refractivity contribution in [3.05, 3.63) is 39.5 Å². The number of aromatic hydroxyl groups is 1. The number of carboxylic acids is 1. The van der Waals surface area contributed by atoms with E-state index in [-0.39, 0.29) is 24.3 Å². The highest BCUT2D eigenvalue weighted by Gasteiger charge is 2.30. The Morgan fingerprint density at radius 1 is 1.43 bits per heavy atom. The third kappa shape index (κ3) is 3.21. The number of ether oxygens (including phenoxy) is 1. The minimum Gasteiger partial charge on any atom is -0.507 e. The molecule has 0 amide bonds. The number of phenolic OH excluding ortho intramolecular Hbond substituents is 1. The molecule has 1 aromatic rings. The summed E-state index contributed by atoms with van der Waals surface area (Å²) in [6.45, 7) is 3.75. The number of allylic oxidation sites excluding steroid dienone is 2. The van der Waals surface area contributed by atoms with Gasteiger partial charge in [-0.25, -0.2) is 4.79 Å². The molecule has 120 valence electrons. The number of hydrogen-bond donors (Lipinski definition) is 2. The summed E-state index contributed by atoms with van der Waals surface area (Å²) in [6.07, 6.45) is 8.20. The van der Waals surface area contributed by atoms with Crippen LogP contribution in [0.3, 0.4) is 0 Å². The standard InChI is InChI=1S/C18H18O5/c1-4-12-11(3)14-9-23-18(22)16(14)17(21)13(12)7-5-10(2)6-8-15(19)20/h1,5,21H,6-9H2,2-3H3,(H,19,20). The molecular formula is C18H18O5. The molecule has 2 N–H and O–H groups in total. The molecule has 0 aromatic heterocycles. The van der Waals surface area contributed by atoms with Crippen LogP contribution in [-0.4, -0.2) is 22.2 Å². The lowest BCUT2D eigenvalue weighted by Gasteiger charge is -2.13. The van der Waals surface area contributed by atoms with Gasteiger partial charge in [-0.1, -0.05) is 17.6 Å². The Balaban J connectivity index is 2.39. The Morgan fingerprint density at radius 2 is 2.13 bits per heavy atom. The van der Waals surface area contributed by atoms with E-state index in [4.69, 9.17) is 16.3 Å². The number of rotatable bonds is 5. The van der Waals surface area contributed by atoms with Gasteiger partial charge in [-0.2, -0.15) is 0 Å². The third-order valence-corrected chi connectivity index (χ3v) is 4.04. The van der Waals surface area contributed by atoms with Gasteiger partial charge in [0.25, 0.3) is 0 Å². The summed E-state index contributed by atoms with van der Waals surface area (Å²) < 4.78 is 4.98. The zero-order chi connectivity index (χ0) is 17.1. The topological polar surface area (TPSA) is 83.8 Å². The molecule has 0 unspecified atom stereocenters. The van der Waals surface area contributed by atoms with E-state index < -0.39 is 11.9 Å². The predicted molar refractivity (Wildman–Crippen MR) is 84.2 cm³/mol. The number of benzene rings is 1. The number of aliphatic carboxylic acids is 1. The predicted octanol–water partition coefficient (Wildman–Crippen LogP) is 2.71. The zero-order valence-corrected chi connectivity index (χ0v) is 13.1. The van der Waals surface area contributed by atoms with Gasteiger partial charge in [0, 0.05) is 23.1 Å². The Labute approximate surface area is 134 Å². The van der Waals surface area contributed by atoms with E-state index in [1.165, 1.54) is 0 Å². The molecule has 23 heavy (non-hydrogen) atoms. The van der Waals surface area contributed by atoms with Crippen molar-refractivity contribution in [1.82, 2.24) is 0 Å². The van der Waals surface area contributed by atoms with Crippen molar-refractivity contribution in [3.63, 3.8) is 0 Å². The first-order chi connectivity index (χ1) is 10.9. The highest BCUT2D eigenvalue weighted by atomic mass is 16.5. The first-order valence-electron chi connectivity index (χ1n) is 7.25. The van der Waals surface area contributed by atoms with E-state index in [0.717, 1.165) is 11.1 Å². The van der Waals surface area contributed by atoms with Crippen molar-refractivity contribution in [1.29, 1.82) is 0 Å². The lowest BCUT2D eigenvalue weighted by molar-refractivity contribution is -0.136. The summed E-state index contributed by atoms with van der Waals surface area (Å²) in [4.78, 5) is 22.4. The van der Waals surface area contributed by atoms with Gasteiger partial charge in [-0.15, -0.1) is 6.42 Å². The maximum Gasteiger partial charge on any atom is 0.342 e. The molecule has 0 saturated heterocycles. The molecule has 1 aliphatic rings. The van der Waals surface area contributed by atoms with Gasteiger partial charge in [0.2, 0.25) is 0 Å². The lowest BCUT2D eigenvalue weighted by Crippen LogP contribution is -2.03. The van der Waals surface area contributed by atoms with Crippen molar-refractivity contribution >= 4 is 11.9 Å². The molecule has 1 aromatic carbocycles. The smallest absolute Gasteiger partial charge is 0.342 e. The van der Waals surface area contributed by atoms with Gasteiger partial charge in [-0.3, -0.25) is 4.79 Å².